The first-order valence-corrected chi connectivity index (χ1v) is 7.40. The fraction of sp³-hybridized carbons (Fsp3) is 0.500. The highest BCUT2D eigenvalue weighted by Gasteiger charge is 2.22. The van der Waals surface area contributed by atoms with Crippen molar-refractivity contribution >= 4 is 0 Å². The third kappa shape index (κ3) is 3.89. The van der Waals surface area contributed by atoms with Crippen molar-refractivity contribution in [1.82, 2.24) is 10.1 Å². The van der Waals surface area contributed by atoms with Gasteiger partial charge in [-0.05, 0) is 43.5 Å². The lowest BCUT2D eigenvalue weighted by Gasteiger charge is -2.16. The van der Waals surface area contributed by atoms with Gasteiger partial charge in [-0.1, -0.05) is 31.1 Å². The van der Waals surface area contributed by atoms with Gasteiger partial charge in [0.2, 0.25) is 5.82 Å². The van der Waals surface area contributed by atoms with Crippen LogP contribution in [0.15, 0.2) is 28.8 Å². The SMILES string of the molecule is CCOC(c1noc(-c2cccc(CCN)c2)n1)C(C)C. The summed E-state index contributed by atoms with van der Waals surface area (Å²) in [5.74, 6) is 1.42. The lowest BCUT2D eigenvalue weighted by molar-refractivity contribution is 0.0217. The molecule has 1 heterocycles. The van der Waals surface area contributed by atoms with Crippen molar-refractivity contribution in [1.29, 1.82) is 0 Å². The Kier molecular flexibility index (Phi) is 5.47. The van der Waals surface area contributed by atoms with Crippen LogP contribution in [0.5, 0.6) is 0 Å². The molecule has 5 nitrogen and oxygen atoms in total. The van der Waals surface area contributed by atoms with Gasteiger partial charge in [-0.3, -0.25) is 0 Å². The molecular weight excluding hydrogens is 266 g/mol. The summed E-state index contributed by atoms with van der Waals surface area (Å²) in [6.45, 7) is 7.38. The number of rotatable bonds is 7. The van der Waals surface area contributed by atoms with E-state index in [4.69, 9.17) is 15.0 Å². The van der Waals surface area contributed by atoms with E-state index in [-0.39, 0.29) is 6.10 Å². The third-order valence-electron chi connectivity index (χ3n) is 3.25. The van der Waals surface area contributed by atoms with Crippen molar-refractivity contribution < 1.29 is 9.26 Å². The summed E-state index contributed by atoms with van der Waals surface area (Å²) in [4.78, 5) is 4.49. The number of aromatic nitrogens is 2. The molecule has 0 aliphatic carbocycles. The Labute approximate surface area is 125 Å². The van der Waals surface area contributed by atoms with E-state index in [1.807, 2.05) is 31.2 Å². The Morgan fingerprint density at radius 1 is 1.33 bits per heavy atom. The van der Waals surface area contributed by atoms with Crippen LogP contribution in [-0.2, 0) is 11.2 Å². The van der Waals surface area contributed by atoms with Crippen LogP contribution in [0.3, 0.4) is 0 Å². The lowest BCUT2D eigenvalue weighted by atomic mass is 10.1. The Hall–Kier alpha value is -1.72. The molecule has 0 fully saturated rings. The molecule has 0 radical (unpaired) electrons. The number of benzene rings is 1. The molecule has 0 amide bonds. The lowest BCUT2D eigenvalue weighted by Crippen LogP contribution is -2.12. The number of hydrogen-bond acceptors (Lipinski definition) is 5. The van der Waals surface area contributed by atoms with Crippen LogP contribution in [0.25, 0.3) is 11.5 Å². The summed E-state index contributed by atoms with van der Waals surface area (Å²) in [5.41, 5.74) is 7.67. The van der Waals surface area contributed by atoms with Crippen LogP contribution in [0.4, 0.5) is 0 Å². The van der Waals surface area contributed by atoms with Crippen LogP contribution < -0.4 is 5.73 Å². The largest absolute Gasteiger partial charge is 0.370 e. The zero-order chi connectivity index (χ0) is 15.2. The second-order valence-corrected chi connectivity index (χ2v) is 5.32. The minimum absolute atomic E-state index is 0.139. The Balaban J connectivity index is 2.24. The van der Waals surface area contributed by atoms with Gasteiger partial charge in [-0.15, -0.1) is 0 Å². The standard InChI is InChI=1S/C16H23N3O2/c1-4-20-14(11(2)3)15-18-16(21-19-15)13-7-5-6-12(10-13)8-9-17/h5-7,10-11,14H,4,8-9,17H2,1-3H3. The second kappa shape index (κ2) is 7.33. The zero-order valence-corrected chi connectivity index (χ0v) is 12.9. The first-order valence-electron chi connectivity index (χ1n) is 7.40. The molecule has 5 heteroatoms. The van der Waals surface area contributed by atoms with Crippen LogP contribution >= 0.6 is 0 Å². The Morgan fingerprint density at radius 2 is 2.14 bits per heavy atom. The van der Waals surface area contributed by atoms with Crippen molar-refractivity contribution in [2.24, 2.45) is 11.7 Å². The molecule has 0 saturated heterocycles. The van der Waals surface area contributed by atoms with E-state index in [1.165, 1.54) is 5.56 Å². The fourth-order valence-corrected chi connectivity index (χ4v) is 2.24. The van der Waals surface area contributed by atoms with Crippen LogP contribution in [-0.4, -0.2) is 23.3 Å². The topological polar surface area (TPSA) is 74.2 Å². The number of nitrogens with zero attached hydrogens (tertiary/aromatic N) is 2. The molecule has 0 saturated carbocycles. The maximum absolute atomic E-state index is 5.70. The second-order valence-electron chi connectivity index (χ2n) is 5.32. The maximum atomic E-state index is 5.70. The number of hydrogen-bond donors (Lipinski definition) is 1. The molecule has 114 valence electrons. The normalized spacial score (nSPS) is 12.8. The van der Waals surface area contributed by atoms with Crippen LogP contribution in [0, 0.1) is 5.92 Å². The summed E-state index contributed by atoms with van der Waals surface area (Å²) < 4.78 is 11.1. The number of nitrogens with two attached hydrogens (primary N) is 1. The molecular formula is C16H23N3O2. The summed E-state index contributed by atoms with van der Waals surface area (Å²) in [6.07, 6.45) is 0.697. The molecule has 2 aromatic rings. The summed E-state index contributed by atoms with van der Waals surface area (Å²) >= 11 is 0. The molecule has 0 aliphatic rings. The van der Waals surface area contributed by atoms with Crippen molar-refractivity contribution in [2.45, 2.75) is 33.3 Å². The van der Waals surface area contributed by atoms with Gasteiger partial charge in [0.25, 0.3) is 5.89 Å². The van der Waals surface area contributed by atoms with E-state index < -0.39 is 0 Å². The highest BCUT2D eigenvalue weighted by atomic mass is 16.5. The smallest absolute Gasteiger partial charge is 0.258 e. The summed E-state index contributed by atoms with van der Waals surface area (Å²) in [5, 5.41) is 4.07. The first kappa shape index (κ1) is 15.7. The minimum atomic E-state index is -0.139. The van der Waals surface area contributed by atoms with Crippen molar-refractivity contribution in [2.75, 3.05) is 13.2 Å². The van der Waals surface area contributed by atoms with Gasteiger partial charge in [0.05, 0.1) is 0 Å². The van der Waals surface area contributed by atoms with E-state index >= 15 is 0 Å². The van der Waals surface area contributed by atoms with Gasteiger partial charge in [-0.2, -0.15) is 4.98 Å². The predicted octanol–water partition coefficient (Wildman–Crippen LogP) is 2.97. The monoisotopic (exact) mass is 289 g/mol. The molecule has 0 spiro atoms. The highest BCUT2D eigenvalue weighted by molar-refractivity contribution is 5.54. The zero-order valence-electron chi connectivity index (χ0n) is 12.9. The fourth-order valence-electron chi connectivity index (χ4n) is 2.24. The van der Waals surface area contributed by atoms with Crippen molar-refractivity contribution in [3.63, 3.8) is 0 Å². The van der Waals surface area contributed by atoms with Crippen LogP contribution in [0.1, 0.15) is 38.3 Å². The van der Waals surface area contributed by atoms with Crippen LogP contribution in [0.2, 0.25) is 0 Å². The predicted molar refractivity (Wildman–Crippen MR) is 81.7 cm³/mol. The van der Waals surface area contributed by atoms with Gasteiger partial charge >= 0.3 is 0 Å². The average Bonchev–Trinajstić information content (AvgIpc) is 2.94. The molecule has 21 heavy (non-hydrogen) atoms. The van der Waals surface area contributed by atoms with E-state index in [0.29, 0.717) is 30.8 Å². The Bertz CT molecular complexity index is 566. The molecule has 1 aromatic heterocycles. The van der Waals surface area contributed by atoms with E-state index in [0.717, 1.165) is 12.0 Å². The molecule has 0 bridgehead atoms. The molecule has 1 aromatic carbocycles. The average molecular weight is 289 g/mol. The van der Waals surface area contributed by atoms with Gasteiger partial charge in [-0.25, -0.2) is 0 Å². The molecule has 0 aliphatic heterocycles. The van der Waals surface area contributed by atoms with Gasteiger partial charge in [0.1, 0.15) is 6.10 Å². The van der Waals surface area contributed by atoms with Gasteiger partial charge < -0.3 is 15.0 Å². The van der Waals surface area contributed by atoms with Crippen molar-refractivity contribution in [3.8, 4) is 11.5 Å². The highest BCUT2D eigenvalue weighted by Crippen LogP contribution is 2.26. The van der Waals surface area contributed by atoms with E-state index in [2.05, 4.69) is 24.0 Å². The first-order chi connectivity index (χ1) is 10.2. The molecule has 1 atom stereocenters. The summed E-state index contributed by atoms with van der Waals surface area (Å²) in [7, 11) is 0. The minimum Gasteiger partial charge on any atom is -0.370 e. The number of ether oxygens (including phenoxy) is 1. The molecule has 1 unspecified atom stereocenters. The van der Waals surface area contributed by atoms with Gasteiger partial charge in [0, 0.05) is 12.2 Å². The molecule has 2 N–H and O–H groups in total. The quantitative estimate of drug-likeness (QED) is 0.848. The van der Waals surface area contributed by atoms with E-state index in [1.54, 1.807) is 0 Å². The van der Waals surface area contributed by atoms with Crippen molar-refractivity contribution in [3.05, 3.63) is 35.7 Å². The Morgan fingerprint density at radius 3 is 2.81 bits per heavy atom. The van der Waals surface area contributed by atoms with E-state index in [9.17, 15) is 0 Å². The summed E-state index contributed by atoms with van der Waals surface area (Å²) in [6, 6.07) is 8.02. The van der Waals surface area contributed by atoms with Gasteiger partial charge in [0.15, 0.2) is 0 Å². The molecule has 2 rings (SSSR count). The maximum Gasteiger partial charge on any atom is 0.258 e. The third-order valence-corrected chi connectivity index (χ3v) is 3.25.